The van der Waals surface area contributed by atoms with Crippen molar-refractivity contribution < 1.29 is 14.7 Å². The number of nitrogens with zero attached hydrogens (tertiary/aromatic N) is 1. The van der Waals surface area contributed by atoms with Crippen LogP contribution < -0.4 is 10.6 Å². The van der Waals surface area contributed by atoms with Gasteiger partial charge in [-0.05, 0) is 26.0 Å². The van der Waals surface area contributed by atoms with Gasteiger partial charge in [0.05, 0.1) is 11.4 Å². The Morgan fingerprint density at radius 3 is 2.68 bits per heavy atom. The van der Waals surface area contributed by atoms with Gasteiger partial charge in [-0.3, -0.25) is 4.98 Å². The van der Waals surface area contributed by atoms with Gasteiger partial charge >= 0.3 is 12.0 Å². The number of aromatic nitrogens is 1. The molecule has 3 N–H and O–H groups in total. The SMILES string of the molecule is C#CCC(NC(=O)Nc1ccc(C)nc1C)C(=O)O. The molecule has 100 valence electrons. The van der Waals surface area contributed by atoms with Crippen LogP contribution in [-0.2, 0) is 4.79 Å². The van der Waals surface area contributed by atoms with Crippen LogP contribution >= 0.6 is 0 Å². The normalized spacial score (nSPS) is 11.2. The molecule has 1 atom stereocenters. The molecule has 0 radical (unpaired) electrons. The average molecular weight is 261 g/mol. The van der Waals surface area contributed by atoms with Crippen LogP contribution in [0.25, 0.3) is 0 Å². The van der Waals surface area contributed by atoms with Crippen molar-refractivity contribution >= 4 is 17.7 Å². The van der Waals surface area contributed by atoms with Gasteiger partial charge in [0, 0.05) is 12.1 Å². The van der Waals surface area contributed by atoms with Gasteiger partial charge in [-0.25, -0.2) is 9.59 Å². The molecule has 1 aromatic heterocycles. The highest BCUT2D eigenvalue weighted by molar-refractivity contribution is 5.92. The highest BCUT2D eigenvalue weighted by atomic mass is 16.4. The number of aryl methyl sites for hydroxylation is 2. The molecule has 0 aliphatic carbocycles. The third-order valence-corrected chi connectivity index (χ3v) is 2.40. The molecule has 19 heavy (non-hydrogen) atoms. The molecule has 1 heterocycles. The number of carboxylic acids is 1. The third kappa shape index (κ3) is 4.32. The Labute approximate surface area is 111 Å². The first-order valence-electron chi connectivity index (χ1n) is 5.62. The molecule has 6 nitrogen and oxygen atoms in total. The molecule has 0 spiro atoms. The lowest BCUT2D eigenvalue weighted by Crippen LogP contribution is -2.42. The van der Waals surface area contributed by atoms with Gasteiger partial charge in [0.25, 0.3) is 0 Å². The molecule has 6 heteroatoms. The van der Waals surface area contributed by atoms with Crippen molar-refractivity contribution in [1.82, 2.24) is 10.3 Å². The highest BCUT2D eigenvalue weighted by Crippen LogP contribution is 2.12. The first kappa shape index (κ1) is 14.5. The van der Waals surface area contributed by atoms with Crippen LogP contribution in [-0.4, -0.2) is 28.1 Å². The Hall–Kier alpha value is -2.55. The number of pyridine rings is 1. The number of terminal acetylenes is 1. The van der Waals surface area contributed by atoms with Crippen molar-refractivity contribution in [1.29, 1.82) is 0 Å². The number of hydrogen-bond donors (Lipinski definition) is 3. The summed E-state index contributed by atoms with van der Waals surface area (Å²) in [5.41, 5.74) is 2.01. The zero-order chi connectivity index (χ0) is 14.4. The molecule has 0 aliphatic rings. The summed E-state index contributed by atoms with van der Waals surface area (Å²) in [5, 5.41) is 13.7. The van der Waals surface area contributed by atoms with Crippen molar-refractivity contribution in [2.45, 2.75) is 26.3 Å². The van der Waals surface area contributed by atoms with Crippen molar-refractivity contribution in [3.63, 3.8) is 0 Å². The lowest BCUT2D eigenvalue weighted by Gasteiger charge is -2.13. The summed E-state index contributed by atoms with van der Waals surface area (Å²) in [5.74, 6) is 1.03. The molecular weight excluding hydrogens is 246 g/mol. The van der Waals surface area contributed by atoms with Crippen LogP contribution in [0.5, 0.6) is 0 Å². The molecule has 0 saturated heterocycles. The molecule has 0 saturated carbocycles. The number of urea groups is 1. The number of carboxylic acid groups (broad SMARTS) is 1. The number of nitrogens with one attached hydrogen (secondary N) is 2. The predicted molar refractivity (Wildman–Crippen MR) is 70.7 cm³/mol. The molecule has 0 aromatic carbocycles. The van der Waals surface area contributed by atoms with Crippen molar-refractivity contribution in [3.05, 3.63) is 23.5 Å². The van der Waals surface area contributed by atoms with E-state index in [9.17, 15) is 9.59 Å². The minimum absolute atomic E-state index is 0.0755. The van der Waals surface area contributed by atoms with E-state index in [1.807, 2.05) is 6.92 Å². The maximum Gasteiger partial charge on any atom is 0.327 e. The second-order valence-electron chi connectivity index (χ2n) is 3.98. The smallest absolute Gasteiger partial charge is 0.327 e. The topological polar surface area (TPSA) is 91.3 Å². The average Bonchev–Trinajstić information content (AvgIpc) is 2.32. The van der Waals surface area contributed by atoms with Gasteiger partial charge in [-0.2, -0.15) is 0 Å². The molecule has 1 aromatic rings. The Morgan fingerprint density at radius 1 is 1.47 bits per heavy atom. The minimum atomic E-state index is -1.17. The monoisotopic (exact) mass is 261 g/mol. The van der Waals surface area contributed by atoms with E-state index in [1.165, 1.54) is 0 Å². The number of amides is 2. The van der Waals surface area contributed by atoms with Gasteiger partial charge in [0.2, 0.25) is 0 Å². The van der Waals surface area contributed by atoms with Gasteiger partial charge in [-0.1, -0.05) is 0 Å². The summed E-state index contributed by atoms with van der Waals surface area (Å²) in [6.07, 6.45) is 4.97. The summed E-state index contributed by atoms with van der Waals surface area (Å²) < 4.78 is 0. The fraction of sp³-hybridized carbons (Fsp3) is 0.308. The Morgan fingerprint density at radius 2 is 2.16 bits per heavy atom. The molecule has 2 amide bonds. The molecule has 1 unspecified atom stereocenters. The van der Waals surface area contributed by atoms with E-state index in [0.29, 0.717) is 11.4 Å². The second-order valence-corrected chi connectivity index (χ2v) is 3.98. The molecule has 0 aliphatic heterocycles. The predicted octanol–water partition coefficient (Wildman–Crippen LogP) is 1.30. The minimum Gasteiger partial charge on any atom is -0.480 e. The standard InChI is InChI=1S/C13H15N3O3/c1-4-5-11(12(17)18)16-13(19)15-10-7-6-8(2)14-9(10)3/h1,6-7,11H,5H2,2-3H3,(H,17,18)(H2,15,16,19). The number of anilines is 1. The highest BCUT2D eigenvalue weighted by Gasteiger charge is 2.18. The maximum absolute atomic E-state index is 11.7. The van der Waals surface area contributed by atoms with E-state index in [4.69, 9.17) is 11.5 Å². The number of hydrogen-bond acceptors (Lipinski definition) is 3. The Bertz CT molecular complexity index is 534. The van der Waals surface area contributed by atoms with E-state index in [1.54, 1.807) is 19.1 Å². The number of rotatable bonds is 4. The first-order chi connectivity index (χ1) is 8.93. The summed E-state index contributed by atoms with van der Waals surface area (Å²) in [6, 6.07) is 1.72. The summed E-state index contributed by atoms with van der Waals surface area (Å²) in [7, 11) is 0. The van der Waals surface area contributed by atoms with Crippen LogP contribution in [0.4, 0.5) is 10.5 Å². The van der Waals surface area contributed by atoms with Gasteiger partial charge in [0.15, 0.2) is 0 Å². The molecular formula is C13H15N3O3. The largest absolute Gasteiger partial charge is 0.480 e. The van der Waals surface area contributed by atoms with Crippen molar-refractivity contribution in [3.8, 4) is 12.3 Å². The quantitative estimate of drug-likeness (QED) is 0.712. The number of aliphatic carboxylic acids is 1. The van der Waals surface area contributed by atoms with Crippen molar-refractivity contribution in [2.24, 2.45) is 0 Å². The lowest BCUT2D eigenvalue weighted by molar-refractivity contribution is -0.139. The van der Waals surface area contributed by atoms with Gasteiger partial charge in [-0.15, -0.1) is 12.3 Å². The van der Waals surface area contributed by atoms with Crippen LogP contribution in [0, 0.1) is 26.2 Å². The van der Waals surface area contributed by atoms with Crippen LogP contribution in [0.3, 0.4) is 0 Å². The Balaban J connectivity index is 2.69. The zero-order valence-corrected chi connectivity index (χ0v) is 10.7. The third-order valence-electron chi connectivity index (χ3n) is 2.40. The molecule has 1 rings (SSSR count). The van der Waals surface area contributed by atoms with Crippen LogP contribution in [0.15, 0.2) is 12.1 Å². The number of carbonyl (C=O) groups is 2. The molecule has 0 fully saturated rings. The van der Waals surface area contributed by atoms with Gasteiger partial charge < -0.3 is 15.7 Å². The first-order valence-corrected chi connectivity index (χ1v) is 5.62. The van der Waals surface area contributed by atoms with Gasteiger partial charge in [0.1, 0.15) is 6.04 Å². The lowest BCUT2D eigenvalue weighted by atomic mass is 10.2. The summed E-state index contributed by atoms with van der Waals surface area (Å²) in [4.78, 5) is 26.7. The fourth-order valence-corrected chi connectivity index (χ4v) is 1.45. The van der Waals surface area contributed by atoms with Crippen molar-refractivity contribution in [2.75, 3.05) is 5.32 Å². The zero-order valence-electron chi connectivity index (χ0n) is 10.7. The maximum atomic E-state index is 11.7. The number of carbonyl (C=O) groups excluding carboxylic acids is 1. The second kappa shape index (κ2) is 6.40. The summed E-state index contributed by atoms with van der Waals surface area (Å²) >= 11 is 0. The molecule has 0 bridgehead atoms. The summed E-state index contributed by atoms with van der Waals surface area (Å²) in [6.45, 7) is 3.59. The van der Waals surface area contributed by atoms with E-state index in [-0.39, 0.29) is 6.42 Å². The fourth-order valence-electron chi connectivity index (χ4n) is 1.45. The van der Waals surface area contributed by atoms with E-state index < -0.39 is 18.0 Å². The van der Waals surface area contributed by atoms with E-state index >= 15 is 0 Å². The van der Waals surface area contributed by atoms with E-state index in [2.05, 4.69) is 21.5 Å². The Kier molecular flexibility index (Phi) is 4.89. The van der Waals surface area contributed by atoms with Crippen LogP contribution in [0.1, 0.15) is 17.8 Å². The van der Waals surface area contributed by atoms with Crippen LogP contribution in [0.2, 0.25) is 0 Å². The van der Waals surface area contributed by atoms with E-state index in [0.717, 1.165) is 5.69 Å².